The Hall–Kier alpha value is -2.21. The van der Waals surface area contributed by atoms with Gasteiger partial charge in [0, 0.05) is 24.4 Å². The predicted octanol–water partition coefficient (Wildman–Crippen LogP) is 3.66. The SMILES string of the molecule is Cc1ccc2nc(C3CCCN(C(=O)c4csnc4C)C3)[nH]c2c1. The second kappa shape index (κ2) is 6.02. The summed E-state index contributed by atoms with van der Waals surface area (Å²) in [6.45, 7) is 5.50. The maximum absolute atomic E-state index is 12.7. The molecule has 0 aliphatic carbocycles. The Bertz CT molecular complexity index is 897. The van der Waals surface area contributed by atoms with Gasteiger partial charge in [-0.15, -0.1) is 0 Å². The summed E-state index contributed by atoms with van der Waals surface area (Å²) in [4.78, 5) is 22.9. The van der Waals surface area contributed by atoms with Crippen molar-refractivity contribution in [2.75, 3.05) is 13.1 Å². The van der Waals surface area contributed by atoms with Crippen molar-refractivity contribution in [3.63, 3.8) is 0 Å². The molecule has 1 saturated heterocycles. The van der Waals surface area contributed by atoms with Gasteiger partial charge in [-0.3, -0.25) is 4.79 Å². The van der Waals surface area contributed by atoms with Crippen LogP contribution in [-0.4, -0.2) is 38.2 Å². The summed E-state index contributed by atoms with van der Waals surface area (Å²) < 4.78 is 4.22. The molecule has 1 atom stereocenters. The van der Waals surface area contributed by atoms with Crippen LogP contribution in [0.2, 0.25) is 0 Å². The quantitative estimate of drug-likeness (QED) is 0.774. The number of hydrogen-bond donors (Lipinski definition) is 1. The van der Waals surface area contributed by atoms with Gasteiger partial charge in [-0.2, -0.15) is 4.37 Å². The molecule has 5 nitrogen and oxygen atoms in total. The molecule has 6 heteroatoms. The lowest BCUT2D eigenvalue weighted by Crippen LogP contribution is -2.39. The van der Waals surface area contributed by atoms with Crippen LogP contribution < -0.4 is 0 Å². The molecule has 0 radical (unpaired) electrons. The maximum Gasteiger partial charge on any atom is 0.256 e. The van der Waals surface area contributed by atoms with Crippen LogP contribution in [0.1, 0.15) is 46.2 Å². The van der Waals surface area contributed by atoms with Gasteiger partial charge in [0.05, 0.1) is 22.3 Å². The van der Waals surface area contributed by atoms with E-state index in [1.807, 2.05) is 17.2 Å². The number of hydrogen-bond acceptors (Lipinski definition) is 4. The van der Waals surface area contributed by atoms with Gasteiger partial charge < -0.3 is 9.88 Å². The zero-order valence-corrected chi connectivity index (χ0v) is 14.7. The Kier molecular flexibility index (Phi) is 3.84. The van der Waals surface area contributed by atoms with E-state index in [4.69, 9.17) is 4.98 Å². The number of carbonyl (C=O) groups is 1. The fraction of sp³-hybridized carbons (Fsp3) is 0.389. The van der Waals surface area contributed by atoms with Crippen molar-refractivity contribution in [1.29, 1.82) is 0 Å². The van der Waals surface area contributed by atoms with Gasteiger partial charge in [0.25, 0.3) is 5.91 Å². The number of aryl methyl sites for hydroxylation is 2. The Labute approximate surface area is 144 Å². The molecule has 1 fully saturated rings. The highest BCUT2D eigenvalue weighted by molar-refractivity contribution is 7.03. The summed E-state index contributed by atoms with van der Waals surface area (Å²) in [5.41, 5.74) is 4.86. The summed E-state index contributed by atoms with van der Waals surface area (Å²) in [5, 5.41) is 1.85. The van der Waals surface area contributed by atoms with E-state index < -0.39 is 0 Å². The maximum atomic E-state index is 12.7. The predicted molar refractivity (Wildman–Crippen MR) is 95.6 cm³/mol. The number of carbonyl (C=O) groups excluding carboxylic acids is 1. The third-order valence-electron chi connectivity index (χ3n) is 4.73. The first-order chi connectivity index (χ1) is 11.6. The van der Waals surface area contributed by atoms with Gasteiger partial charge in [-0.25, -0.2) is 4.98 Å². The van der Waals surface area contributed by atoms with E-state index in [9.17, 15) is 4.79 Å². The number of fused-ring (bicyclic) bond motifs is 1. The van der Waals surface area contributed by atoms with E-state index in [1.54, 1.807) is 0 Å². The number of nitrogens with one attached hydrogen (secondary N) is 1. The molecule has 1 aromatic carbocycles. The molecular formula is C18H20N4OS. The zero-order chi connectivity index (χ0) is 16.7. The molecule has 4 rings (SSSR count). The monoisotopic (exact) mass is 340 g/mol. The minimum atomic E-state index is 0.0953. The lowest BCUT2D eigenvalue weighted by Gasteiger charge is -2.31. The molecule has 0 bridgehead atoms. The van der Waals surface area contributed by atoms with Crippen molar-refractivity contribution >= 4 is 28.5 Å². The third kappa shape index (κ3) is 2.71. The summed E-state index contributed by atoms with van der Waals surface area (Å²) in [6, 6.07) is 6.25. The van der Waals surface area contributed by atoms with E-state index in [0.717, 1.165) is 47.5 Å². The zero-order valence-electron chi connectivity index (χ0n) is 13.9. The summed E-state index contributed by atoms with van der Waals surface area (Å²) in [6.07, 6.45) is 2.06. The highest BCUT2D eigenvalue weighted by atomic mass is 32.1. The smallest absolute Gasteiger partial charge is 0.256 e. The fourth-order valence-electron chi connectivity index (χ4n) is 3.39. The van der Waals surface area contributed by atoms with Gasteiger partial charge in [-0.1, -0.05) is 6.07 Å². The van der Waals surface area contributed by atoms with Gasteiger partial charge >= 0.3 is 0 Å². The highest BCUT2D eigenvalue weighted by Crippen LogP contribution is 2.28. The fourth-order valence-corrected chi connectivity index (χ4v) is 4.08. The van der Waals surface area contributed by atoms with E-state index >= 15 is 0 Å². The minimum absolute atomic E-state index is 0.0953. The van der Waals surface area contributed by atoms with Crippen molar-refractivity contribution in [1.82, 2.24) is 19.2 Å². The Morgan fingerprint density at radius 1 is 1.38 bits per heavy atom. The topological polar surface area (TPSA) is 61.9 Å². The van der Waals surface area contributed by atoms with E-state index in [0.29, 0.717) is 6.54 Å². The molecule has 124 valence electrons. The number of H-pyrrole nitrogens is 1. The minimum Gasteiger partial charge on any atom is -0.342 e. The Balaban J connectivity index is 1.57. The van der Waals surface area contributed by atoms with Crippen LogP contribution in [-0.2, 0) is 0 Å². The summed E-state index contributed by atoms with van der Waals surface area (Å²) in [5.74, 6) is 1.36. The number of nitrogens with zero attached hydrogens (tertiary/aromatic N) is 3. The van der Waals surface area contributed by atoms with Crippen LogP contribution in [0.5, 0.6) is 0 Å². The number of imidazole rings is 1. The second-order valence-electron chi connectivity index (χ2n) is 6.55. The number of rotatable bonds is 2. The van der Waals surface area contributed by atoms with E-state index in [-0.39, 0.29) is 11.8 Å². The van der Waals surface area contributed by atoms with Crippen LogP contribution in [0.25, 0.3) is 11.0 Å². The second-order valence-corrected chi connectivity index (χ2v) is 7.18. The summed E-state index contributed by atoms with van der Waals surface area (Å²) >= 11 is 1.34. The molecule has 3 aromatic rings. The van der Waals surface area contributed by atoms with Crippen molar-refractivity contribution < 1.29 is 4.79 Å². The van der Waals surface area contributed by atoms with Gasteiger partial charge in [0.1, 0.15) is 5.82 Å². The van der Waals surface area contributed by atoms with Crippen LogP contribution >= 0.6 is 11.5 Å². The molecule has 1 N–H and O–H groups in total. The van der Waals surface area contributed by atoms with Crippen molar-refractivity contribution in [2.45, 2.75) is 32.6 Å². The molecular weight excluding hydrogens is 320 g/mol. The molecule has 1 aliphatic rings. The number of benzene rings is 1. The standard InChI is InChI=1S/C18H20N4OS/c1-11-5-6-15-16(8-11)20-17(19-15)13-4-3-7-22(9-13)18(23)14-10-24-21-12(14)2/h5-6,8,10,13H,3-4,7,9H2,1-2H3,(H,19,20). The van der Waals surface area contributed by atoms with Crippen LogP contribution in [0.15, 0.2) is 23.6 Å². The number of aromatic amines is 1. The molecule has 3 heterocycles. The van der Waals surface area contributed by atoms with Gasteiger partial charge in [-0.05, 0) is 55.9 Å². The summed E-state index contributed by atoms with van der Waals surface area (Å²) in [7, 11) is 0. The van der Waals surface area contributed by atoms with Gasteiger partial charge in [0.2, 0.25) is 0 Å². The Morgan fingerprint density at radius 3 is 3.04 bits per heavy atom. The normalized spacial score (nSPS) is 18.2. The molecule has 1 unspecified atom stereocenters. The number of likely N-dealkylation sites (tertiary alicyclic amines) is 1. The van der Waals surface area contributed by atoms with Crippen LogP contribution in [0, 0.1) is 13.8 Å². The number of aromatic nitrogens is 3. The van der Waals surface area contributed by atoms with Crippen LogP contribution in [0.3, 0.4) is 0 Å². The van der Waals surface area contributed by atoms with Crippen LogP contribution in [0.4, 0.5) is 0 Å². The molecule has 0 saturated carbocycles. The van der Waals surface area contributed by atoms with Crippen molar-refractivity contribution in [2.24, 2.45) is 0 Å². The average molecular weight is 340 g/mol. The average Bonchev–Trinajstić information content (AvgIpc) is 3.20. The van der Waals surface area contributed by atoms with E-state index in [1.165, 1.54) is 17.1 Å². The number of amides is 1. The molecule has 24 heavy (non-hydrogen) atoms. The largest absolute Gasteiger partial charge is 0.342 e. The van der Waals surface area contributed by atoms with Gasteiger partial charge in [0.15, 0.2) is 0 Å². The van der Waals surface area contributed by atoms with Crippen molar-refractivity contribution in [3.8, 4) is 0 Å². The third-order valence-corrected chi connectivity index (χ3v) is 5.45. The lowest BCUT2D eigenvalue weighted by atomic mass is 9.97. The first-order valence-corrected chi connectivity index (χ1v) is 9.12. The van der Waals surface area contributed by atoms with E-state index in [2.05, 4.69) is 34.5 Å². The Morgan fingerprint density at radius 2 is 2.25 bits per heavy atom. The molecule has 0 spiro atoms. The molecule has 1 amide bonds. The number of piperidine rings is 1. The molecule has 2 aromatic heterocycles. The van der Waals surface area contributed by atoms with Crippen molar-refractivity contribution in [3.05, 3.63) is 46.2 Å². The first-order valence-electron chi connectivity index (χ1n) is 8.28. The molecule has 1 aliphatic heterocycles. The highest BCUT2D eigenvalue weighted by Gasteiger charge is 2.28. The first kappa shape index (κ1) is 15.3. The lowest BCUT2D eigenvalue weighted by molar-refractivity contribution is 0.0704.